The molecule has 1 fully saturated rings. The molecule has 1 unspecified atom stereocenters. The molecule has 0 aromatic carbocycles. The van der Waals surface area contributed by atoms with Crippen molar-refractivity contribution in [1.29, 1.82) is 0 Å². The lowest BCUT2D eigenvalue weighted by Gasteiger charge is -2.23. The summed E-state index contributed by atoms with van der Waals surface area (Å²) in [6.45, 7) is -1.74. The fourth-order valence-corrected chi connectivity index (χ4v) is 3.84. The number of rotatable bonds is 6. The first kappa shape index (κ1) is 21.4. The van der Waals surface area contributed by atoms with Gasteiger partial charge in [-0.1, -0.05) is 18.1 Å². The van der Waals surface area contributed by atoms with E-state index in [1.54, 1.807) is 0 Å². The Morgan fingerprint density at radius 2 is 2.11 bits per heavy atom. The summed E-state index contributed by atoms with van der Waals surface area (Å²) in [7, 11) is -11.1. The summed E-state index contributed by atoms with van der Waals surface area (Å²) in [5, 5.41) is 20.0. The number of alkyl halides is 1. The standard InChI is InChI=1S/C11H13FN2O11P2S/c1-2-5-3-14(10(17)13-8(5)28)9-6(15)7(16)11(12,24-9)4-23-27(21,22)25-26(18,19)20/h1,3,6-7,9,15-16H,4H2,(H,21,22)(H,13,17,28)(H2,18,19,20)/t6-,7+,9-,11-/m1/s1/i9D. The number of aromatic amines is 1. The normalized spacial score (nSPS) is 33.1. The van der Waals surface area contributed by atoms with Gasteiger partial charge in [0.05, 0.1) is 6.93 Å². The molecule has 1 aromatic heterocycles. The molecule has 17 heteroatoms. The first-order valence-corrected chi connectivity index (χ1v) is 10.3. The third-order valence-corrected chi connectivity index (χ3v) is 5.69. The van der Waals surface area contributed by atoms with E-state index in [9.17, 15) is 33.4 Å². The van der Waals surface area contributed by atoms with Crippen molar-refractivity contribution in [3.63, 3.8) is 0 Å². The monoisotopic (exact) mass is 463 g/mol. The zero-order valence-corrected chi connectivity index (χ0v) is 15.9. The van der Waals surface area contributed by atoms with Crippen LogP contribution < -0.4 is 5.69 Å². The van der Waals surface area contributed by atoms with E-state index >= 15 is 0 Å². The van der Waals surface area contributed by atoms with Gasteiger partial charge < -0.3 is 29.6 Å². The maximum absolute atomic E-state index is 14.9. The number of terminal acetylenes is 1. The average molecular weight is 463 g/mol. The highest BCUT2D eigenvalue weighted by molar-refractivity contribution is 7.71. The van der Waals surface area contributed by atoms with Crippen LogP contribution in [0.3, 0.4) is 0 Å². The second-order valence-electron chi connectivity index (χ2n) is 5.25. The molecule has 2 rings (SSSR count). The van der Waals surface area contributed by atoms with Crippen LogP contribution in [-0.4, -0.2) is 59.1 Å². The fraction of sp³-hybridized carbons (Fsp3) is 0.455. The zero-order valence-electron chi connectivity index (χ0n) is 14.3. The van der Waals surface area contributed by atoms with Crippen LogP contribution in [0.2, 0.25) is 0 Å². The van der Waals surface area contributed by atoms with Crippen molar-refractivity contribution in [2.24, 2.45) is 0 Å². The van der Waals surface area contributed by atoms with Crippen LogP contribution in [-0.2, 0) is 22.7 Å². The third kappa shape index (κ3) is 5.01. The van der Waals surface area contributed by atoms with Gasteiger partial charge >= 0.3 is 21.3 Å². The molecule has 2 heterocycles. The van der Waals surface area contributed by atoms with Gasteiger partial charge in [0, 0.05) is 6.20 Å². The zero-order chi connectivity index (χ0) is 22.4. The number of nitrogens with one attached hydrogen (secondary N) is 1. The molecule has 1 aliphatic heterocycles. The summed E-state index contributed by atoms with van der Waals surface area (Å²) in [5.41, 5.74) is -1.34. The highest BCUT2D eigenvalue weighted by Crippen LogP contribution is 2.58. The van der Waals surface area contributed by atoms with Gasteiger partial charge in [-0.25, -0.2) is 18.3 Å². The van der Waals surface area contributed by atoms with Gasteiger partial charge in [-0.15, -0.1) is 6.42 Å². The Kier molecular flexibility index (Phi) is 6.02. The minimum Gasteiger partial charge on any atom is -0.385 e. The predicted octanol–water partition coefficient (Wildman–Crippen LogP) is -0.970. The number of aliphatic hydroxyl groups excluding tert-OH is 2. The number of ether oxygens (including phenoxy) is 1. The molecule has 5 atom stereocenters. The van der Waals surface area contributed by atoms with Crippen LogP contribution in [0.15, 0.2) is 11.0 Å². The molecule has 1 aromatic rings. The van der Waals surface area contributed by atoms with E-state index < -0.39 is 52.2 Å². The largest absolute Gasteiger partial charge is 0.481 e. The number of aromatic nitrogens is 2. The molecule has 6 N–H and O–H groups in total. The maximum atomic E-state index is 14.9. The van der Waals surface area contributed by atoms with Crippen LogP contribution >= 0.6 is 27.9 Å². The molecule has 1 saturated heterocycles. The Hall–Kier alpha value is -1.27. The number of nitrogens with zero attached hydrogens (tertiary/aromatic N) is 1. The minimum absolute atomic E-state index is 0.154. The topological polar surface area (TPSA) is 201 Å². The van der Waals surface area contributed by atoms with E-state index in [1.807, 2.05) is 4.98 Å². The fourth-order valence-electron chi connectivity index (χ4n) is 2.04. The van der Waals surface area contributed by atoms with E-state index in [2.05, 4.69) is 19.5 Å². The Balaban J connectivity index is 2.38. The van der Waals surface area contributed by atoms with Crippen LogP contribution in [0.1, 0.15) is 13.1 Å². The first-order chi connectivity index (χ1) is 13.0. The lowest BCUT2D eigenvalue weighted by Crippen LogP contribution is -2.43. The number of phosphoric acid groups is 2. The van der Waals surface area contributed by atoms with Gasteiger partial charge in [0.25, 0.3) is 5.85 Å². The molecular formula is C11H13FN2O11P2S. The smallest absolute Gasteiger partial charge is 0.385 e. The number of hydrogen-bond donors (Lipinski definition) is 6. The average Bonchev–Trinajstić information content (AvgIpc) is 2.73. The molecule has 0 bridgehead atoms. The van der Waals surface area contributed by atoms with E-state index in [0.29, 0.717) is 0 Å². The van der Waals surface area contributed by atoms with Gasteiger partial charge in [-0.3, -0.25) is 14.1 Å². The summed E-state index contributed by atoms with van der Waals surface area (Å²) < 4.78 is 57.2. The third-order valence-electron chi connectivity index (χ3n) is 3.24. The highest BCUT2D eigenvalue weighted by atomic mass is 32.1. The van der Waals surface area contributed by atoms with Crippen molar-refractivity contribution >= 4 is 27.9 Å². The maximum Gasteiger partial charge on any atom is 0.481 e. The first-order valence-electron chi connectivity index (χ1n) is 7.37. The van der Waals surface area contributed by atoms with Gasteiger partial charge in [0.15, 0.2) is 6.20 Å². The Labute approximate surface area is 161 Å². The van der Waals surface area contributed by atoms with E-state index in [4.69, 9.17) is 29.8 Å². The SMILES string of the molecule is [2H][C@@]1(n2cc(C#C)c(=S)[nH]c2=O)O[C@](F)(COP(=O)(O)OP(=O)(O)O)[C@@H](O)[C@H]1O. The van der Waals surface area contributed by atoms with Crippen molar-refractivity contribution in [1.82, 2.24) is 9.55 Å². The van der Waals surface area contributed by atoms with E-state index in [1.165, 1.54) is 0 Å². The number of phosphoric ester groups is 1. The number of halogens is 1. The Morgan fingerprint density at radius 3 is 2.64 bits per heavy atom. The molecule has 13 nitrogen and oxygen atoms in total. The second-order valence-corrected chi connectivity index (χ2v) is 8.48. The predicted molar refractivity (Wildman–Crippen MR) is 88.7 cm³/mol. The second kappa shape index (κ2) is 7.86. The molecule has 0 aliphatic carbocycles. The molecule has 156 valence electrons. The number of hydrogen-bond acceptors (Lipinski definition) is 9. The molecule has 0 saturated carbocycles. The van der Waals surface area contributed by atoms with Crippen LogP contribution in [0.4, 0.5) is 4.39 Å². The Morgan fingerprint density at radius 1 is 1.50 bits per heavy atom. The quantitative estimate of drug-likeness (QED) is 0.172. The van der Waals surface area contributed by atoms with Crippen molar-refractivity contribution in [3.8, 4) is 12.3 Å². The van der Waals surface area contributed by atoms with Gasteiger partial charge in [-0.05, 0) is 0 Å². The van der Waals surface area contributed by atoms with Gasteiger partial charge in [-0.2, -0.15) is 4.31 Å². The van der Waals surface area contributed by atoms with Crippen molar-refractivity contribution in [2.45, 2.75) is 24.3 Å². The van der Waals surface area contributed by atoms with Crippen LogP contribution in [0.5, 0.6) is 0 Å². The van der Waals surface area contributed by atoms with Crippen LogP contribution in [0.25, 0.3) is 0 Å². The summed E-state index contributed by atoms with van der Waals surface area (Å²) in [4.78, 5) is 40.3. The van der Waals surface area contributed by atoms with Crippen molar-refractivity contribution < 1.29 is 53.4 Å². The van der Waals surface area contributed by atoms with E-state index in [-0.39, 0.29) is 14.8 Å². The van der Waals surface area contributed by atoms with Crippen LogP contribution in [0, 0.1) is 17.0 Å². The number of aliphatic hydroxyl groups is 2. The van der Waals surface area contributed by atoms with E-state index in [0.717, 1.165) is 6.20 Å². The summed E-state index contributed by atoms with van der Waals surface area (Å²) in [6.07, 6.45) is -2.20. The molecule has 1 aliphatic rings. The summed E-state index contributed by atoms with van der Waals surface area (Å²) in [5.74, 6) is -1.54. The molecule has 28 heavy (non-hydrogen) atoms. The highest BCUT2D eigenvalue weighted by Gasteiger charge is 2.57. The molecule has 0 amide bonds. The lowest BCUT2D eigenvalue weighted by atomic mass is 10.1. The summed E-state index contributed by atoms with van der Waals surface area (Å²) in [6, 6.07) is 0. The molecule has 0 spiro atoms. The van der Waals surface area contributed by atoms with Gasteiger partial charge in [0.1, 0.15) is 23.5 Å². The van der Waals surface area contributed by atoms with Gasteiger partial charge in [0.2, 0.25) is 0 Å². The molecular weight excluding hydrogens is 449 g/mol. The minimum atomic E-state index is -5.55. The summed E-state index contributed by atoms with van der Waals surface area (Å²) >= 11 is 4.78. The Bertz CT molecular complexity index is 1070. The lowest BCUT2D eigenvalue weighted by molar-refractivity contribution is -0.204. The van der Waals surface area contributed by atoms with Crippen molar-refractivity contribution in [3.05, 3.63) is 26.9 Å². The van der Waals surface area contributed by atoms with Crippen molar-refractivity contribution in [2.75, 3.05) is 6.61 Å². The number of H-pyrrole nitrogens is 1. The molecule has 0 radical (unpaired) electrons.